The van der Waals surface area contributed by atoms with Gasteiger partial charge in [0.15, 0.2) is 0 Å². The first-order valence-corrected chi connectivity index (χ1v) is 9.80. The number of benzene rings is 2. The molecule has 1 aliphatic heterocycles. The van der Waals surface area contributed by atoms with Gasteiger partial charge in [-0.15, -0.1) is 0 Å². The van der Waals surface area contributed by atoms with Crippen molar-refractivity contribution in [2.24, 2.45) is 5.92 Å². The van der Waals surface area contributed by atoms with Crippen LogP contribution in [0, 0.1) is 11.7 Å². The Hall–Kier alpha value is -3.69. The highest BCUT2D eigenvalue weighted by molar-refractivity contribution is 5.94. The summed E-state index contributed by atoms with van der Waals surface area (Å²) in [6, 6.07) is 15.8. The molecule has 1 aromatic heterocycles. The van der Waals surface area contributed by atoms with E-state index in [1.54, 1.807) is 54.8 Å². The number of halogens is 1. The zero-order valence-corrected chi connectivity index (χ0v) is 16.5. The van der Waals surface area contributed by atoms with Gasteiger partial charge in [-0.3, -0.25) is 10.2 Å². The Bertz CT molecular complexity index is 1020. The first kappa shape index (κ1) is 20.6. The van der Waals surface area contributed by atoms with E-state index in [1.807, 2.05) is 0 Å². The minimum atomic E-state index is -0.365. The van der Waals surface area contributed by atoms with E-state index in [2.05, 4.69) is 26.8 Å². The maximum absolute atomic E-state index is 13.2. The Labute approximate surface area is 178 Å². The average molecular weight is 423 g/mol. The molecule has 1 aliphatic rings. The summed E-state index contributed by atoms with van der Waals surface area (Å²) in [5.41, 5.74) is 8.08. The topological polar surface area (TPSA) is 107 Å². The van der Waals surface area contributed by atoms with Crippen molar-refractivity contribution in [3.63, 3.8) is 0 Å². The van der Waals surface area contributed by atoms with Gasteiger partial charge in [0.1, 0.15) is 11.6 Å². The van der Waals surface area contributed by atoms with Crippen LogP contribution in [0.25, 0.3) is 0 Å². The maximum Gasteiger partial charge on any atom is 0.319 e. The third-order valence-electron chi connectivity index (χ3n) is 4.96. The van der Waals surface area contributed by atoms with Crippen LogP contribution in [0.15, 0.2) is 71.3 Å². The molecule has 2 atom stereocenters. The number of urea groups is 1. The van der Waals surface area contributed by atoms with E-state index in [4.69, 9.17) is 4.42 Å². The SMILES string of the molecule is O=C(NCc1ccco1)Nc1ccc(NC(=O)C2CNNC2c2ccc(F)cc2)cc1. The van der Waals surface area contributed by atoms with Crippen molar-refractivity contribution >= 4 is 23.3 Å². The molecular formula is C22H22FN5O3. The van der Waals surface area contributed by atoms with Crippen LogP contribution < -0.4 is 26.8 Å². The Morgan fingerprint density at radius 3 is 2.39 bits per heavy atom. The monoisotopic (exact) mass is 423 g/mol. The maximum atomic E-state index is 13.2. The van der Waals surface area contributed by atoms with E-state index in [9.17, 15) is 14.0 Å². The van der Waals surface area contributed by atoms with Gasteiger partial charge < -0.3 is 20.4 Å². The Balaban J connectivity index is 1.31. The normalized spacial score (nSPS) is 17.8. The molecule has 1 saturated heterocycles. The number of nitrogens with one attached hydrogen (secondary N) is 5. The first-order valence-electron chi connectivity index (χ1n) is 9.80. The van der Waals surface area contributed by atoms with Gasteiger partial charge in [-0.1, -0.05) is 12.1 Å². The van der Waals surface area contributed by atoms with E-state index >= 15 is 0 Å². The van der Waals surface area contributed by atoms with Crippen LogP contribution in [0.2, 0.25) is 0 Å². The molecule has 5 N–H and O–H groups in total. The summed E-state index contributed by atoms with van der Waals surface area (Å²) in [7, 11) is 0. The summed E-state index contributed by atoms with van der Waals surface area (Å²) < 4.78 is 18.3. The van der Waals surface area contributed by atoms with Crippen LogP contribution in [-0.2, 0) is 11.3 Å². The highest BCUT2D eigenvalue weighted by atomic mass is 19.1. The standard InChI is InChI=1S/C22H22FN5O3/c23-15-5-3-14(4-6-15)20-19(13-25-28-20)21(29)26-16-7-9-17(10-8-16)27-22(30)24-12-18-2-1-11-31-18/h1-11,19-20,25,28H,12-13H2,(H,26,29)(H2,24,27,30). The predicted octanol–water partition coefficient (Wildman–Crippen LogP) is 3.14. The minimum absolute atomic E-state index is 0.163. The molecule has 1 fully saturated rings. The summed E-state index contributed by atoms with van der Waals surface area (Å²) in [6.07, 6.45) is 1.54. The molecule has 0 radical (unpaired) electrons. The zero-order valence-electron chi connectivity index (χ0n) is 16.5. The number of rotatable bonds is 6. The van der Waals surface area contributed by atoms with E-state index in [0.717, 1.165) is 5.56 Å². The van der Waals surface area contributed by atoms with Crippen molar-refractivity contribution in [2.45, 2.75) is 12.6 Å². The molecule has 0 spiro atoms. The van der Waals surface area contributed by atoms with Gasteiger partial charge in [0.2, 0.25) is 5.91 Å². The van der Waals surface area contributed by atoms with Gasteiger partial charge in [0.25, 0.3) is 0 Å². The Kier molecular flexibility index (Phi) is 6.25. The lowest BCUT2D eigenvalue weighted by Gasteiger charge is -2.18. The largest absolute Gasteiger partial charge is 0.467 e. The van der Waals surface area contributed by atoms with Crippen molar-refractivity contribution in [1.82, 2.24) is 16.2 Å². The Morgan fingerprint density at radius 1 is 1.00 bits per heavy atom. The van der Waals surface area contributed by atoms with Crippen LogP contribution in [-0.4, -0.2) is 18.5 Å². The zero-order chi connectivity index (χ0) is 21.6. The summed E-state index contributed by atoms with van der Waals surface area (Å²) in [4.78, 5) is 24.7. The smallest absolute Gasteiger partial charge is 0.319 e. The van der Waals surface area contributed by atoms with E-state index in [0.29, 0.717) is 23.7 Å². The lowest BCUT2D eigenvalue weighted by atomic mass is 9.94. The molecule has 160 valence electrons. The highest BCUT2D eigenvalue weighted by Crippen LogP contribution is 2.26. The van der Waals surface area contributed by atoms with E-state index in [1.165, 1.54) is 12.1 Å². The van der Waals surface area contributed by atoms with Crippen LogP contribution in [0.1, 0.15) is 17.4 Å². The first-order chi connectivity index (χ1) is 15.1. The van der Waals surface area contributed by atoms with Crippen molar-refractivity contribution in [1.29, 1.82) is 0 Å². The molecular weight excluding hydrogens is 401 g/mol. The van der Waals surface area contributed by atoms with Gasteiger partial charge in [0.05, 0.1) is 24.8 Å². The van der Waals surface area contributed by atoms with Crippen LogP contribution in [0.3, 0.4) is 0 Å². The number of furan rings is 1. The molecule has 2 aromatic carbocycles. The quantitative estimate of drug-likeness (QED) is 0.419. The second kappa shape index (κ2) is 9.41. The molecule has 4 rings (SSSR count). The summed E-state index contributed by atoms with van der Waals surface area (Å²) in [6.45, 7) is 0.731. The molecule has 8 nitrogen and oxygen atoms in total. The summed E-state index contributed by atoms with van der Waals surface area (Å²) >= 11 is 0. The van der Waals surface area contributed by atoms with E-state index in [-0.39, 0.29) is 36.3 Å². The number of amides is 3. The number of carbonyl (C=O) groups excluding carboxylic acids is 2. The molecule has 3 aromatic rings. The number of carbonyl (C=O) groups is 2. The molecule has 2 heterocycles. The Morgan fingerprint density at radius 2 is 1.71 bits per heavy atom. The van der Waals surface area contributed by atoms with Crippen molar-refractivity contribution < 1.29 is 18.4 Å². The lowest BCUT2D eigenvalue weighted by Crippen LogP contribution is -2.29. The lowest BCUT2D eigenvalue weighted by molar-refractivity contribution is -0.119. The molecule has 0 saturated carbocycles. The molecule has 31 heavy (non-hydrogen) atoms. The third kappa shape index (κ3) is 5.27. The van der Waals surface area contributed by atoms with Gasteiger partial charge in [0, 0.05) is 17.9 Å². The van der Waals surface area contributed by atoms with Crippen LogP contribution in [0.5, 0.6) is 0 Å². The minimum Gasteiger partial charge on any atom is -0.467 e. The van der Waals surface area contributed by atoms with Crippen LogP contribution >= 0.6 is 0 Å². The predicted molar refractivity (Wildman–Crippen MR) is 113 cm³/mol. The highest BCUT2D eigenvalue weighted by Gasteiger charge is 2.34. The van der Waals surface area contributed by atoms with E-state index < -0.39 is 0 Å². The molecule has 2 unspecified atom stereocenters. The molecule has 9 heteroatoms. The number of anilines is 2. The molecule has 0 bridgehead atoms. The number of hydrogen-bond donors (Lipinski definition) is 5. The fraction of sp³-hybridized carbons (Fsp3) is 0.182. The van der Waals surface area contributed by atoms with Crippen molar-refractivity contribution in [3.8, 4) is 0 Å². The van der Waals surface area contributed by atoms with Crippen LogP contribution in [0.4, 0.5) is 20.6 Å². The molecule has 0 aliphatic carbocycles. The second-order valence-corrected chi connectivity index (χ2v) is 7.11. The molecule has 3 amide bonds. The third-order valence-corrected chi connectivity index (χ3v) is 4.96. The van der Waals surface area contributed by atoms with Gasteiger partial charge in [-0.25, -0.2) is 14.6 Å². The fourth-order valence-electron chi connectivity index (χ4n) is 3.35. The van der Waals surface area contributed by atoms with Crippen molar-refractivity contribution in [3.05, 3.63) is 84.1 Å². The number of hydrazine groups is 1. The van der Waals surface area contributed by atoms with Gasteiger partial charge >= 0.3 is 6.03 Å². The summed E-state index contributed by atoms with van der Waals surface area (Å²) in [5, 5.41) is 8.29. The average Bonchev–Trinajstić information content (AvgIpc) is 3.46. The second-order valence-electron chi connectivity index (χ2n) is 7.11. The fourth-order valence-corrected chi connectivity index (χ4v) is 3.35. The number of hydrogen-bond acceptors (Lipinski definition) is 5. The van der Waals surface area contributed by atoms with Gasteiger partial charge in [-0.05, 0) is 54.1 Å². The summed E-state index contributed by atoms with van der Waals surface area (Å²) in [5.74, 6) is -0.193. The van der Waals surface area contributed by atoms with Crippen molar-refractivity contribution in [2.75, 3.05) is 17.2 Å². The van der Waals surface area contributed by atoms with Gasteiger partial charge in [-0.2, -0.15) is 0 Å².